The van der Waals surface area contributed by atoms with Crippen molar-refractivity contribution in [3.63, 3.8) is 0 Å². The van der Waals surface area contributed by atoms with Crippen LogP contribution < -0.4 is 21.9 Å². The molecule has 1 heterocycles. The van der Waals surface area contributed by atoms with Crippen molar-refractivity contribution in [2.45, 2.75) is 73.8 Å². The second-order valence-electron chi connectivity index (χ2n) is 8.46. The lowest BCUT2D eigenvalue weighted by Crippen LogP contribution is -2.42. The number of anilines is 2. The molecule has 1 rings (SSSR count). The number of aromatic nitrogens is 2. The van der Waals surface area contributed by atoms with Crippen molar-refractivity contribution >= 4 is 17.4 Å². The maximum Gasteiger partial charge on any atom is 0.330 e. The van der Waals surface area contributed by atoms with Crippen LogP contribution in [0.5, 0.6) is 0 Å². The number of hydrogen-bond donors (Lipinski definition) is 2. The molecular weight excluding hydrogens is 332 g/mol. The minimum absolute atomic E-state index is 0.0678. The van der Waals surface area contributed by atoms with Gasteiger partial charge in [0.1, 0.15) is 5.82 Å². The van der Waals surface area contributed by atoms with E-state index in [0.717, 1.165) is 19.3 Å². The molecule has 0 atom stereocenters. The number of nitrogens with one attached hydrogen (secondary N) is 1. The first kappa shape index (κ1) is 22.0. The maximum absolute atomic E-state index is 12.9. The number of unbranched alkanes of at least 4 members (excludes halogenated alkanes) is 1. The second kappa shape index (κ2) is 9.05. The Bertz CT molecular complexity index is 726. The van der Waals surface area contributed by atoms with E-state index >= 15 is 0 Å². The van der Waals surface area contributed by atoms with Gasteiger partial charge < -0.3 is 10.6 Å². The molecule has 1 amide bonds. The van der Waals surface area contributed by atoms with Crippen molar-refractivity contribution in [1.29, 1.82) is 0 Å². The minimum atomic E-state index is -0.605. The van der Waals surface area contributed by atoms with Crippen LogP contribution in [-0.2, 0) is 11.3 Å². The van der Waals surface area contributed by atoms with Gasteiger partial charge in [0, 0.05) is 19.5 Å². The van der Waals surface area contributed by atoms with Crippen LogP contribution in [0.15, 0.2) is 9.59 Å². The number of amides is 1. The maximum atomic E-state index is 12.9. The smallest absolute Gasteiger partial charge is 0.330 e. The normalized spacial score (nSPS) is 11.8. The molecular formula is C19H34N4O3. The monoisotopic (exact) mass is 366 g/mol. The number of nitrogens with two attached hydrogens (primary N) is 1. The summed E-state index contributed by atoms with van der Waals surface area (Å²) in [5.74, 6) is 0.278. The average Bonchev–Trinajstić information content (AvgIpc) is 2.47. The first-order chi connectivity index (χ1) is 12.0. The van der Waals surface area contributed by atoms with Crippen molar-refractivity contribution < 1.29 is 4.79 Å². The highest BCUT2D eigenvalue weighted by Gasteiger charge is 2.27. The van der Waals surface area contributed by atoms with Gasteiger partial charge in [-0.25, -0.2) is 4.79 Å². The van der Waals surface area contributed by atoms with E-state index < -0.39 is 11.2 Å². The van der Waals surface area contributed by atoms with Gasteiger partial charge in [-0.05, 0) is 24.2 Å². The van der Waals surface area contributed by atoms with Crippen molar-refractivity contribution in [1.82, 2.24) is 9.55 Å². The lowest BCUT2D eigenvalue weighted by Gasteiger charge is -2.28. The van der Waals surface area contributed by atoms with Crippen LogP contribution in [0.4, 0.5) is 11.5 Å². The van der Waals surface area contributed by atoms with E-state index in [2.05, 4.69) is 18.8 Å². The Morgan fingerprint density at radius 1 is 1.27 bits per heavy atom. The Hall–Kier alpha value is -2.05. The van der Waals surface area contributed by atoms with E-state index in [1.54, 1.807) is 0 Å². The average molecular weight is 367 g/mol. The minimum Gasteiger partial charge on any atom is -0.383 e. The van der Waals surface area contributed by atoms with Crippen LogP contribution >= 0.6 is 0 Å². The van der Waals surface area contributed by atoms with Gasteiger partial charge in [0.05, 0.1) is 0 Å². The third kappa shape index (κ3) is 6.04. The van der Waals surface area contributed by atoms with E-state index in [4.69, 9.17) is 5.73 Å². The number of H-pyrrole nitrogens is 1. The number of nitrogens with zero attached hydrogens (tertiary/aromatic N) is 2. The first-order valence-corrected chi connectivity index (χ1v) is 9.41. The lowest BCUT2D eigenvalue weighted by molar-refractivity contribution is -0.120. The van der Waals surface area contributed by atoms with Gasteiger partial charge in [-0.2, -0.15) is 0 Å². The van der Waals surface area contributed by atoms with E-state index in [-0.39, 0.29) is 29.2 Å². The Morgan fingerprint density at radius 2 is 1.88 bits per heavy atom. The molecule has 0 aliphatic carbocycles. The lowest BCUT2D eigenvalue weighted by atomic mass is 9.91. The van der Waals surface area contributed by atoms with E-state index in [1.807, 2.05) is 27.7 Å². The highest BCUT2D eigenvalue weighted by molar-refractivity contribution is 5.95. The predicted octanol–water partition coefficient (Wildman–Crippen LogP) is 2.73. The summed E-state index contributed by atoms with van der Waals surface area (Å²) in [6, 6.07) is 0. The molecule has 0 unspecified atom stereocenters. The number of aromatic amines is 1. The molecule has 0 radical (unpaired) electrons. The zero-order chi connectivity index (χ0) is 20.1. The quantitative estimate of drug-likeness (QED) is 0.738. The van der Waals surface area contributed by atoms with Crippen LogP contribution in [0.2, 0.25) is 0 Å². The summed E-state index contributed by atoms with van der Waals surface area (Å²) in [5, 5.41) is 0. The topological polar surface area (TPSA) is 101 Å². The molecule has 0 aromatic carbocycles. The molecule has 7 heteroatoms. The summed E-state index contributed by atoms with van der Waals surface area (Å²) < 4.78 is 1.35. The third-order valence-corrected chi connectivity index (χ3v) is 4.13. The van der Waals surface area contributed by atoms with Gasteiger partial charge in [-0.3, -0.25) is 19.1 Å². The number of nitrogen functional groups attached to an aromatic ring is 1. The molecule has 0 bridgehead atoms. The Morgan fingerprint density at radius 3 is 2.38 bits per heavy atom. The SMILES string of the molecule is CCCCn1c(N)c(N(CCC(C)C)C(=O)CC(C)(C)C)c(=O)[nH]c1=O. The van der Waals surface area contributed by atoms with Crippen LogP contribution in [-0.4, -0.2) is 22.0 Å². The summed E-state index contributed by atoms with van der Waals surface area (Å²) in [6.07, 6.45) is 2.68. The van der Waals surface area contributed by atoms with Gasteiger partial charge in [-0.15, -0.1) is 0 Å². The Balaban J connectivity index is 3.42. The molecule has 148 valence electrons. The summed E-state index contributed by atoms with van der Waals surface area (Å²) >= 11 is 0. The van der Waals surface area contributed by atoms with Gasteiger partial charge in [-0.1, -0.05) is 48.0 Å². The predicted molar refractivity (Wildman–Crippen MR) is 107 cm³/mol. The van der Waals surface area contributed by atoms with E-state index in [1.165, 1.54) is 9.47 Å². The highest BCUT2D eigenvalue weighted by atomic mass is 16.2. The fourth-order valence-corrected chi connectivity index (χ4v) is 2.67. The third-order valence-electron chi connectivity index (χ3n) is 4.13. The Kier molecular flexibility index (Phi) is 7.66. The van der Waals surface area contributed by atoms with Crippen molar-refractivity contribution in [2.75, 3.05) is 17.2 Å². The molecule has 0 saturated carbocycles. The summed E-state index contributed by atoms with van der Waals surface area (Å²) in [4.78, 5) is 41.3. The zero-order valence-electron chi connectivity index (χ0n) is 17.0. The van der Waals surface area contributed by atoms with Crippen LogP contribution in [0.25, 0.3) is 0 Å². The molecule has 0 fully saturated rings. The Labute approximate surface area is 155 Å². The van der Waals surface area contributed by atoms with Crippen LogP contribution in [0, 0.1) is 11.3 Å². The van der Waals surface area contributed by atoms with Crippen LogP contribution in [0.1, 0.15) is 67.2 Å². The number of carbonyl (C=O) groups is 1. The molecule has 1 aromatic heterocycles. The molecule has 0 saturated heterocycles. The molecule has 0 aliphatic rings. The molecule has 7 nitrogen and oxygen atoms in total. The second-order valence-corrected chi connectivity index (χ2v) is 8.46. The van der Waals surface area contributed by atoms with Gasteiger partial charge in [0.2, 0.25) is 5.91 Å². The largest absolute Gasteiger partial charge is 0.383 e. The fourth-order valence-electron chi connectivity index (χ4n) is 2.67. The van der Waals surface area contributed by atoms with Gasteiger partial charge in [0.15, 0.2) is 5.69 Å². The zero-order valence-corrected chi connectivity index (χ0v) is 17.0. The summed E-state index contributed by atoms with van der Waals surface area (Å²) in [5.41, 5.74) is 4.92. The standard InChI is InChI=1S/C19H34N4O3/c1-7-8-10-23-16(20)15(17(25)21-18(23)26)22(11-9-13(2)3)14(24)12-19(4,5)6/h13H,7-12,20H2,1-6H3,(H,21,25,26). The highest BCUT2D eigenvalue weighted by Crippen LogP contribution is 2.25. The fraction of sp³-hybridized carbons (Fsp3) is 0.737. The van der Waals surface area contributed by atoms with Crippen LogP contribution in [0.3, 0.4) is 0 Å². The van der Waals surface area contributed by atoms with Crippen molar-refractivity contribution in [3.8, 4) is 0 Å². The molecule has 26 heavy (non-hydrogen) atoms. The van der Waals surface area contributed by atoms with Gasteiger partial charge in [0.25, 0.3) is 5.56 Å². The van der Waals surface area contributed by atoms with Crippen molar-refractivity contribution in [3.05, 3.63) is 20.8 Å². The molecule has 0 aliphatic heterocycles. The number of rotatable bonds is 8. The molecule has 1 aromatic rings. The summed E-state index contributed by atoms with van der Waals surface area (Å²) in [6.45, 7) is 12.9. The number of carbonyl (C=O) groups excluding carboxylic acids is 1. The first-order valence-electron chi connectivity index (χ1n) is 9.41. The molecule has 3 N–H and O–H groups in total. The van der Waals surface area contributed by atoms with E-state index in [9.17, 15) is 14.4 Å². The summed E-state index contributed by atoms with van der Waals surface area (Å²) in [7, 11) is 0. The van der Waals surface area contributed by atoms with Crippen molar-refractivity contribution in [2.24, 2.45) is 11.3 Å². The van der Waals surface area contributed by atoms with Gasteiger partial charge >= 0.3 is 5.69 Å². The van der Waals surface area contributed by atoms with E-state index in [0.29, 0.717) is 19.0 Å². The molecule has 0 spiro atoms. The number of hydrogen-bond acceptors (Lipinski definition) is 4.